The predicted molar refractivity (Wildman–Crippen MR) is 125 cm³/mol. The van der Waals surface area contributed by atoms with Gasteiger partial charge < -0.3 is 19.2 Å². The fourth-order valence-corrected chi connectivity index (χ4v) is 3.22. The van der Waals surface area contributed by atoms with Gasteiger partial charge in [0.25, 0.3) is 11.6 Å². The second-order valence-corrected chi connectivity index (χ2v) is 7.61. The van der Waals surface area contributed by atoms with Crippen LogP contribution in [0.25, 0.3) is 0 Å². The lowest BCUT2D eigenvalue weighted by atomic mass is 10.2. The SMILES string of the molecule is O=C(Nc1cc(Oc2cccnc2)cc([N+](=O)[O-])c1)c1ccc(COc2cccc(Cl)c2Cl)o1. The predicted octanol–water partition coefficient (Wildman–Crippen LogP) is 6.51. The summed E-state index contributed by atoms with van der Waals surface area (Å²) in [6, 6.07) is 15.2. The molecule has 11 heteroatoms. The van der Waals surface area contributed by atoms with E-state index in [2.05, 4.69) is 10.3 Å². The molecule has 0 unspecified atom stereocenters. The van der Waals surface area contributed by atoms with Crippen molar-refractivity contribution < 1.29 is 23.6 Å². The first-order valence-corrected chi connectivity index (χ1v) is 10.5. The molecule has 0 aliphatic rings. The van der Waals surface area contributed by atoms with E-state index in [0.29, 0.717) is 22.3 Å². The van der Waals surface area contributed by atoms with Gasteiger partial charge in [-0.25, -0.2) is 0 Å². The van der Waals surface area contributed by atoms with Crippen LogP contribution in [0.4, 0.5) is 11.4 Å². The molecule has 2 heterocycles. The molecule has 0 atom stereocenters. The first kappa shape index (κ1) is 23.1. The molecule has 1 N–H and O–H groups in total. The van der Waals surface area contributed by atoms with Gasteiger partial charge in [0.05, 0.1) is 27.9 Å². The van der Waals surface area contributed by atoms with Gasteiger partial charge in [-0.05, 0) is 36.4 Å². The van der Waals surface area contributed by atoms with Crippen molar-refractivity contribution >= 4 is 40.5 Å². The van der Waals surface area contributed by atoms with Crippen molar-refractivity contribution in [2.24, 2.45) is 0 Å². The molecule has 2 aromatic heterocycles. The molecule has 34 heavy (non-hydrogen) atoms. The highest BCUT2D eigenvalue weighted by molar-refractivity contribution is 6.42. The summed E-state index contributed by atoms with van der Waals surface area (Å²) in [5, 5.41) is 14.5. The Morgan fingerprint density at radius 3 is 2.71 bits per heavy atom. The van der Waals surface area contributed by atoms with E-state index in [4.69, 9.17) is 37.1 Å². The Balaban J connectivity index is 1.46. The van der Waals surface area contributed by atoms with Crippen LogP contribution in [0, 0.1) is 10.1 Å². The number of nitrogens with zero attached hydrogens (tertiary/aromatic N) is 2. The number of nitro benzene ring substituents is 1. The third kappa shape index (κ3) is 5.64. The minimum absolute atomic E-state index is 0.00719. The molecule has 0 aliphatic carbocycles. The quantitative estimate of drug-likeness (QED) is 0.216. The monoisotopic (exact) mass is 499 g/mol. The molecular weight excluding hydrogens is 485 g/mol. The summed E-state index contributed by atoms with van der Waals surface area (Å²) >= 11 is 12.1. The number of furan rings is 1. The molecule has 0 fully saturated rings. The number of halogens is 2. The Morgan fingerprint density at radius 2 is 1.94 bits per heavy atom. The van der Waals surface area contributed by atoms with Crippen LogP contribution in [0.1, 0.15) is 16.3 Å². The average molecular weight is 500 g/mol. The van der Waals surface area contributed by atoms with E-state index in [-0.39, 0.29) is 34.5 Å². The lowest BCUT2D eigenvalue weighted by molar-refractivity contribution is -0.384. The molecular formula is C23H15Cl2N3O6. The molecule has 172 valence electrons. The normalized spacial score (nSPS) is 10.5. The molecule has 4 rings (SSSR count). The number of amides is 1. The van der Waals surface area contributed by atoms with Gasteiger partial charge in [-0.3, -0.25) is 19.9 Å². The topological polar surface area (TPSA) is 117 Å². The molecule has 0 saturated carbocycles. The van der Waals surface area contributed by atoms with Crippen LogP contribution in [0.15, 0.2) is 77.5 Å². The number of pyridine rings is 1. The fourth-order valence-electron chi connectivity index (χ4n) is 2.88. The van der Waals surface area contributed by atoms with Crippen LogP contribution in [-0.2, 0) is 6.61 Å². The van der Waals surface area contributed by atoms with E-state index in [1.165, 1.54) is 30.5 Å². The number of benzene rings is 2. The first-order valence-electron chi connectivity index (χ1n) is 9.73. The van der Waals surface area contributed by atoms with Gasteiger partial charge >= 0.3 is 0 Å². The van der Waals surface area contributed by atoms with Crippen LogP contribution in [0.2, 0.25) is 10.0 Å². The molecule has 4 aromatic rings. The van der Waals surface area contributed by atoms with Crippen molar-refractivity contribution in [2.75, 3.05) is 5.32 Å². The van der Waals surface area contributed by atoms with E-state index in [1.807, 2.05) is 0 Å². The van der Waals surface area contributed by atoms with E-state index < -0.39 is 10.8 Å². The Labute approximate surface area is 203 Å². The zero-order valence-corrected chi connectivity index (χ0v) is 18.7. The van der Waals surface area contributed by atoms with Crippen molar-refractivity contribution in [2.45, 2.75) is 6.61 Å². The van der Waals surface area contributed by atoms with Gasteiger partial charge in [0.2, 0.25) is 0 Å². The number of non-ortho nitro benzene ring substituents is 1. The number of anilines is 1. The third-order valence-corrected chi connectivity index (χ3v) is 5.20. The zero-order valence-electron chi connectivity index (χ0n) is 17.2. The number of hydrogen-bond donors (Lipinski definition) is 1. The minimum atomic E-state index is -0.611. The van der Waals surface area contributed by atoms with E-state index in [0.717, 1.165) is 0 Å². The summed E-state index contributed by atoms with van der Waals surface area (Å²) in [5.74, 6) is 0.646. The lowest BCUT2D eigenvalue weighted by Crippen LogP contribution is -2.11. The van der Waals surface area contributed by atoms with Crippen LogP contribution >= 0.6 is 23.2 Å². The van der Waals surface area contributed by atoms with Crippen molar-refractivity contribution in [1.29, 1.82) is 0 Å². The fraction of sp³-hybridized carbons (Fsp3) is 0.0435. The molecule has 1 amide bonds. The van der Waals surface area contributed by atoms with Gasteiger partial charge in [0, 0.05) is 18.3 Å². The Bertz CT molecular complexity index is 1340. The largest absolute Gasteiger partial charge is 0.484 e. The number of carbonyl (C=O) groups is 1. The molecule has 0 radical (unpaired) electrons. The van der Waals surface area contributed by atoms with Crippen molar-refractivity contribution in [3.8, 4) is 17.2 Å². The van der Waals surface area contributed by atoms with Crippen LogP contribution in [0.5, 0.6) is 17.2 Å². The number of nitrogens with one attached hydrogen (secondary N) is 1. The molecule has 0 aliphatic heterocycles. The maximum absolute atomic E-state index is 12.6. The number of ether oxygens (including phenoxy) is 2. The number of rotatable bonds is 8. The second kappa shape index (κ2) is 10.2. The van der Waals surface area contributed by atoms with E-state index in [9.17, 15) is 14.9 Å². The van der Waals surface area contributed by atoms with Gasteiger partial charge in [-0.15, -0.1) is 0 Å². The summed E-state index contributed by atoms with van der Waals surface area (Å²) in [6.07, 6.45) is 3.03. The number of hydrogen-bond acceptors (Lipinski definition) is 7. The number of aromatic nitrogens is 1. The standard InChI is InChI=1S/C23H15Cl2N3O6/c24-19-4-1-5-20(22(19)25)32-13-17-6-7-21(34-17)23(29)27-14-9-15(28(30)31)11-18(10-14)33-16-3-2-8-26-12-16/h1-12H,13H2,(H,27,29). The summed E-state index contributed by atoms with van der Waals surface area (Å²) < 4.78 is 16.7. The van der Waals surface area contributed by atoms with E-state index >= 15 is 0 Å². The highest BCUT2D eigenvalue weighted by atomic mass is 35.5. The summed E-state index contributed by atoms with van der Waals surface area (Å²) in [6.45, 7) is 0.00719. The number of carbonyl (C=O) groups excluding carboxylic acids is 1. The Kier molecular flexibility index (Phi) is 6.95. The first-order chi connectivity index (χ1) is 16.4. The Hall–Kier alpha value is -4.08. The van der Waals surface area contributed by atoms with Crippen LogP contribution in [-0.4, -0.2) is 15.8 Å². The Morgan fingerprint density at radius 1 is 1.09 bits per heavy atom. The lowest BCUT2D eigenvalue weighted by Gasteiger charge is -2.09. The molecule has 0 saturated heterocycles. The van der Waals surface area contributed by atoms with Gasteiger partial charge in [-0.1, -0.05) is 29.3 Å². The highest BCUT2D eigenvalue weighted by Gasteiger charge is 2.17. The summed E-state index contributed by atoms with van der Waals surface area (Å²) in [5.41, 5.74) is -0.110. The van der Waals surface area contributed by atoms with Gasteiger partial charge in [0.1, 0.15) is 34.6 Å². The smallest absolute Gasteiger partial charge is 0.291 e. The summed E-state index contributed by atoms with van der Waals surface area (Å²) in [7, 11) is 0. The van der Waals surface area contributed by atoms with Crippen molar-refractivity contribution in [3.63, 3.8) is 0 Å². The molecule has 2 aromatic carbocycles. The van der Waals surface area contributed by atoms with E-state index in [1.54, 1.807) is 42.6 Å². The third-order valence-electron chi connectivity index (χ3n) is 4.40. The highest BCUT2D eigenvalue weighted by Crippen LogP contribution is 2.32. The molecule has 0 bridgehead atoms. The van der Waals surface area contributed by atoms with Gasteiger partial charge in [0.15, 0.2) is 5.76 Å². The van der Waals surface area contributed by atoms with Crippen molar-refractivity contribution in [3.05, 3.63) is 105 Å². The van der Waals surface area contributed by atoms with Crippen LogP contribution < -0.4 is 14.8 Å². The summed E-state index contributed by atoms with van der Waals surface area (Å²) in [4.78, 5) is 27.3. The zero-order chi connectivity index (χ0) is 24.1. The maximum Gasteiger partial charge on any atom is 0.291 e. The molecule has 9 nitrogen and oxygen atoms in total. The van der Waals surface area contributed by atoms with Gasteiger partial charge in [-0.2, -0.15) is 0 Å². The molecule has 0 spiro atoms. The number of nitro groups is 1. The maximum atomic E-state index is 12.6. The van der Waals surface area contributed by atoms with Crippen LogP contribution in [0.3, 0.4) is 0 Å². The van der Waals surface area contributed by atoms with Crippen molar-refractivity contribution in [1.82, 2.24) is 4.98 Å². The minimum Gasteiger partial charge on any atom is -0.484 e. The second-order valence-electron chi connectivity index (χ2n) is 6.82. The average Bonchev–Trinajstić information content (AvgIpc) is 3.30.